The van der Waals surface area contributed by atoms with Crippen molar-refractivity contribution >= 4 is 199 Å². The molecule has 138 heavy (non-hydrogen) atoms. The summed E-state index contributed by atoms with van der Waals surface area (Å²) < 4.78 is 84.3. The molecule has 6 atom stereocenters. The topological polar surface area (TPSA) is 415 Å². The number of ether oxygens (including phenoxy) is 14. The van der Waals surface area contributed by atoms with Gasteiger partial charge in [0.2, 0.25) is 0 Å². The Hall–Kier alpha value is -12.2. The zero-order valence-electron chi connectivity index (χ0n) is 78.7. The van der Waals surface area contributed by atoms with Crippen LogP contribution < -0.4 is 47.4 Å². The number of ketones is 8. The fraction of sp³-hybridized carbons (Fsp3) is 0.412. The molecule has 6 aromatic carbocycles. The second-order valence-corrected chi connectivity index (χ2v) is 39.8. The van der Waals surface area contributed by atoms with Crippen molar-refractivity contribution in [1.29, 1.82) is 0 Å². The van der Waals surface area contributed by atoms with E-state index in [0.29, 0.717) is 201 Å². The largest absolute Gasteiger partial charge is 0.504 e. The highest BCUT2D eigenvalue weighted by Crippen LogP contribution is 2.45. The van der Waals surface area contributed by atoms with Gasteiger partial charge >= 0.3 is 23.9 Å². The minimum atomic E-state index is -0.519. The lowest BCUT2D eigenvalue weighted by molar-refractivity contribution is -0.145. The number of aliphatic hydroxyl groups excluding tert-OH is 2. The molecule has 2 aliphatic rings. The smallest absolute Gasteiger partial charge is 0.308 e. The average Bonchev–Trinajstić information content (AvgIpc) is 1.67. The van der Waals surface area contributed by atoms with Crippen molar-refractivity contribution in [2.24, 2.45) is 35.5 Å². The molecule has 0 saturated heterocycles. The van der Waals surface area contributed by atoms with Gasteiger partial charge in [0.25, 0.3) is 0 Å². The van der Waals surface area contributed by atoms with Gasteiger partial charge in [0, 0.05) is 167 Å². The van der Waals surface area contributed by atoms with E-state index in [2.05, 4.69) is 9.47 Å². The summed E-state index contributed by atoms with van der Waals surface area (Å²) >= 11 is 8.04. The number of methoxy groups -OCH3 is 4. The standard InChI is InChI=1S/2C34H36O9S2.C20H26O7S.C14H14O5S/c1-19(21(3)35)11-24(36)32-15-22-13-26-28(17-30(22)44-32)42-9-6-8-41-27-14-23-16-33(25(37)12-20(2)34(38)39-4)45-31(23)18-29(27)43-10-5-7-40-26;1-19(21(3)35)11-24(36)32-15-22-13-26-28(17-30(22)44-32)42-9-6-10-43-29-18-31-23(14-27(29)41-8-5-7-40-26)16-33(45-31)25(37)12-20(2)34(38)39-4;1-13(20(24)25-2)9-15(23)19-11-14-10-16(26-7-3-5-21)17(12-18(14)28-19)27-8-4-6-22;1-7(14(18)19-2)3-11(17)13-5-8-4-9(15)10(16)6-12(8)20-13/h2*13-20H,5-12H2,1-4H3;10-13,21-22H,3-9H2,1-2H3;4-7,15-16H,3H2,1-2H3/t2*19-,20-;13-;7-/m0000/s1. The number of benzene rings is 6. The number of Topliss-reactive ketones (excluding diaryl/α,β-unsaturated/α-hetero) is 8. The highest BCUT2D eigenvalue weighted by atomic mass is 32.1. The van der Waals surface area contributed by atoms with E-state index in [9.17, 15) is 67.7 Å². The summed E-state index contributed by atoms with van der Waals surface area (Å²) in [6.07, 6.45) is 4.01. The number of hydrogen-bond donors (Lipinski definition) is 4. The molecular weight excluding hydrogens is 1900 g/mol. The van der Waals surface area contributed by atoms with Crippen LogP contribution in [0.3, 0.4) is 0 Å². The van der Waals surface area contributed by atoms with E-state index in [-0.39, 0.29) is 121 Å². The molecule has 0 bridgehead atoms. The second kappa shape index (κ2) is 51.0. The molecule has 0 spiro atoms. The molecule has 0 fully saturated rings. The summed E-state index contributed by atoms with van der Waals surface area (Å²) in [6.45, 7) is 17.0. The number of hydrogen-bond acceptors (Lipinski definition) is 36. The molecule has 0 radical (unpaired) electrons. The van der Waals surface area contributed by atoms with Crippen LogP contribution in [-0.4, -0.2) is 198 Å². The number of carbonyl (C=O) groups is 12. The van der Waals surface area contributed by atoms with E-state index < -0.39 is 47.5 Å². The fourth-order valence-corrected chi connectivity index (χ4v) is 20.3. The van der Waals surface area contributed by atoms with Gasteiger partial charge in [-0.2, -0.15) is 0 Å². The quantitative estimate of drug-likeness (QED) is 0.01000. The molecule has 0 aliphatic carbocycles. The van der Waals surface area contributed by atoms with Gasteiger partial charge in [-0.15, -0.1) is 68.0 Å². The van der Waals surface area contributed by atoms with Crippen molar-refractivity contribution in [3.05, 3.63) is 138 Å². The lowest BCUT2D eigenvalue weighted by Crippen LogP contribution is -2.16. The van der Waals surface area contributed by atoms with Crippen LogP contribution in [0.25, 0.3) is 60.5 Å². The number of esters is 4. The van der Waals surface area contributed by atoms with E-state index in [1.807, 2.05) is 78.9 Å². The van der Waals surface area contributed by atoms with Crippen LogP contribution in [0.1, 0.15) is 190 Å². The van der Waals surface area contributed by atoms with Crippen LogP contribution in [-0.2, 0) is 47.7 Å². The van der Waals surface area contributed by atoms with Crippen LogP contribution in [0.4, 0.5) is 0 Å². The lowest BCUT2D eigenvalue weighted by Gasteiger charge is -2.16. The Balaban J connectivity index is 0.000000184. The van der Waals surface area contributed by atoms with Gasteiger partial charge in [0.15, 0.2) is 104 Å². The number of aliphatic hydroxyl groups is 2. The maximum atomic E-state index is 12.9. The third-order valence-corrected chi connectivity index (χ3v) is 29.1. The summed E-state index contributed by atoms with van der Waals surface area (Å²) in [5.41, 5.74) is 0. The molecule has 0 amide bonds. The highest BCUT2D eigenvalue weighted by Gasteiger charge is 2.29. The Bertz CT molecular complexity index is 5880. The monoisotopic (exact) mass is 2010 g/mol. The molecule has 736 valence electrons. The minimum Gasteiger partial charge on any atom is -0.504 e. The zero-order valence-corrected chi connectivity index (χ0v) is 83.6. The van der Waals surface area contributed by atoms with Gasteiger partial charge < -0.3 is 86.7 Å². The van der Waals surface area contributed by atoms with E-state index in [1.165, 1.54) is 122 Å². The van der Waals surface area contributed by atoms with Gasteiger partial charge in [-0.3, -0.25) is 57.5 Å². The van der Waals surface area contributed by atoms with E-state index >= 15 is 0 Å². The number of phenolic OH excluding ortho intramolecular Hbond substituents is 2. The first kappa shape index (κ1) is 106. The van der Waals surface area contributed by atoms with Crippen LogP contribution >= 0.6 is 68.0 Å². The lowest BCUT2D eigenvalue weighted by atomic mass is 10.0. The number of carbonyl (C=O) groups excluding carboxylic acids is 12. The Morgan fingerprint density at radius 2 is 0.486 bits per heavy atom. The summed E-state index contributed by atoms with van der Waals surface area (Å²) in [5, 5.41) is 41.7. The first-order chi connectivity index (χ1) is 66.2. The first-order valence-corrected chi connectivity index (χ1v) is 49.9. The Morgan fingerprint density at radius 1 is 0.283 bits per heavy atom. The summed E-state index contributed by atoms with van der Waals surface area (Å²) in [6, 6.07) is 32.3. The minimum absolute atomic E-state index is 0.0000637. The molecule has 36 heteroatoms. The number of thiophene rings is 6. The molecule has 0 unspecified atom stereocenters. The molecule has 2 aliphatic heterocycles. The van der Waals surface area contributed by atoms with Gasteiger partial charge in [0.05, 0.1) is 147 Å². The Morgan fingerprint density at radius 3 is 0.725 bits per heavy atom. The first-order valence-electron chi connectivity index (χ1n) is 45.0. The van der Waals surface area contributed by atoms with Crippen LogP contribution in [0, 0.1) is 35.5 Å². The van der Waals surface area contributed by atoms with Crippen molar-refractivity contribution in [3.8, 4) is 69.0 Å². The second-order valence-electron chi connectivity index (χ2n) is 33.3. The van der Waals surface area contributed by atoms with Crippen LogP contribution in [0.5, 0.6) is 69.0 Å². The maximum Gasteiger partial charge on any atom is 0.308 e. The van der Waals surface area contributed by atoms with Crippen molar-refractivity contribution in [2.75, 3.05) is 108 Å². The molecule has 14 rings (SSSR count). The Labute approximate surface area is 820 Å². The van der Waals surface area contributed by atoms with Crippen LogP contribution in [0.2, 0.25) is 0 Å². The third kappa shape index (κ3) is 29.0. The fourth-order valence-electron chi connectivity index (χ4n) is 14.1. The van der Waals surface area contributed by atoms with Gasteiger partial charge in [-0.05, 0) is 119 Å². The molecule has 4 N–H and O–H groups in total. The van der Waals surface area contributed by atoms with Crippen molar-refractivity contribution in [1.82, 2.24) is 0 Å². The molecule has 0 saturated carbocycles. The van der Waals surface area contributed by atoms with Crippen molar-refractivity contribution in [3.63, 3.8) is 0 Å². The van der Waals surface area contributed by atoms with Crippen molar-refractivity contribution < 1.29 is 144 Å². The molecular formula is C102H112O30S6. The number of phenols is 2. The third-order valence-electron chi connectivity index (χ3n) is 22.3. The van der Waals surface area contributed by atoms with E-state index in [4.69, 9.17) is 67.1 Å². The van der Waals surface area contributed by atoms with Gasteiger partial charge in [-0.1, -0.05) is 41.5 Å². The molecule has 8 heterocycles. The predicted octanol–water partition coefficient (Wildman–Crippen LogP) is 20.1. The van der Waals surface area contributed by atoms with E-state index in [0.717, 1.165) is 50.4 Å². The molecule has 6 aromatic heterocycles. The molecule has 12 aromatic rings. The van der Waals surface area contributed by atoms with E-state index in [1.54, 1.807) is 59.7 Å². The normalized spacial score (nSPS) is 14.1. The Kier molecular flexibility index (Phi) is 39.2. The molecule has 30 nitrogen and oxygen atoms in total. The maximum absolute atomic E-state index is 12.9. The van der Waals surface area contributed by atoms with Crippen LogP contribution in [0.15, 0.2) is 109 Å². The van der Waals surface area contributed by atoms with Gasteiger partial charge in [0.1, 0.15) is 11.6 Å². The average molecular weight is 2010 g/mol. The summed E-state index contributed by atoms with van der Waals surface area (Å²) in [5.74, 6) is 0.383. The SMILES string of the molecule is COC(=O)[C@@H](C)CC(=O)c1cc2cc(O)c(O)cc2s1.COC(=O)[C@@H](C)CC(=O)c1cc2cc(OCCCO)c(OCCCO)cc2s1.COC(=O)[C@@H](C)CC(=O)c1cc2cc3c(cc2s1)OCCCOc1cc2cc(C(=O)C[C@H](C)C(C)=O)sc2cc1OCCCO3.COC(=O)[C@@H](C)CC(=O)c1cc2cc3c(cc2s1)OCCCOc1cc2sc(C(=O)C[C@H](C)C(C)=O)cc2cc1OCCCO3. The summed E-state index contributed by atoms with van der Waals surface area (Å²) in [7, 11) is 5.22. The highest BCUT2D eigenvalue weighted by molar-refractivity contribution is 7.23. The summed E-state index contributed by atoms with van der Waals surface area (Å²) in [4.78, 5) is 149. The van der Waals surface area contributed by atoms with Gasteiger partial charge in [-0.25, -0.2) is 0 Å². The number of rotatable bonds is 32. The van der Waals surface area contributed by atoms with Crippen molar-refractivity contribution in [2.45, 2.75) is 132 Å². The number of fused-ring (bicyclic) bond motifs is 10. The number of aromatic hydroxyl groups is 2. The zero-order chi connectivity index (χ0) is 99.6. The predicted molar refractivity (Wildman–Crippen MR) is 529 cm³/mol.